The molecule has 0 atom stereocenters. The summed E-state index contributed by atoms with van der Waals surface area (Å²) >= 11 is 0. The molecule has 0 heterocycles. The summed E-state index contributed by atoms with van der Waals surface area (Å²) in [5.41, 5.74) is 0.834. The van der Waals surface area contributed by atoms with Crippen LogP contribution in [-0.2, 0) is 19.1 Å². The smallest absolute Gasteiger partial charge is 0.344 e. The van der Waals surface area contributed by atoms with Gasteiger partial charge in [0.15, 0.2) is 13.2 Å². The molecular formula is C21H23NO7. The molecule has 0 spiro atoms. The first-order valence-electron chi connectivity index (χ1n) is 8.90. The third-order valence-electron chi connectivity index (χ3n) is 3.53. The minimum atomic E-state index is -0.678. The molecule has 1 N–H and O–H groups in total. The molecule has 0 unspecified atom stereocenters. The Kier molecular flexibility index (Phi) is 8.02. The van der Waals surface area contributed by atoms with E-state index in [1.165, 1.54) is 12.1 Å². The molecule has 0 saturated carbocycles. The van der Waals surface area contributed by atoms with E-state index in [0.29, 0.717) is 22.7 Å². The molecule has 2 aromatic rings. The number of amides is 1. The Hall–Kier alpha value is -3.55. The van der Waals surface area contributed by atoms with Crippen LogP contribution in [0.15, 0.2) is 48.5 Å². The molecule has 8 heteroatoms. The molecule has 0 aliphatic carbocycles. The first-order chi connectivity index (χ1) is 13.9. The van der Waals surface area contributed by atoms with E-state index in [1.54, 1.807) is 57.4 Å². The lowest BCUT2D eigenvalue weighted by Crippen LogP contribution is -2.23. The van der Waals surface area contributed by atoms with E-state index in [0.717, 1.165) is 0 Å². The largest absolute Gasteiger partial charge is 0.497 e. The minimum absolute atomic E-state index is 0.217. The number of carbonyl (C=O) groups is 3. The van der Waals surface area contributed by atoms with Crippen LogP contribution >= 0.6 is 0 Å². The fourth-order valence-electron chi connectivity index (χ4n) is 2.17. The van der Waals surface area contributed by atoms with Gasteiger partial charge in [0.1, 0.15) is 11.5 Å². The second-order valence-corrected chi connectivity index (χ2v) is 6.20. The van der Waals surface area contributed by atoms with Gasteiger partial charge >= 0.3 is 11.9 Å². The summed E-state index contributed by atoms with van der Waals surface area (Å²) < 4.78 is 20.3. The van der Waals surface area contributed by atoms with Crippen LogP contribution < -0.4 is 14.8 Å². The number of rotatable bonds is 9. The number of benzene rings is 2. The number of anilines is 1. The van der Waals surface area contributed by atoms with Crippen LogP contribution in [0.4, 0.5) is 5.69 Å². The fourth-order valence-corrected chi connectivity index (χ4v) is 2.17. The van der Waals surface area contributed by atoms with Crippen molar-refractivity contribution in [1.82, 2.24) is 0 Å². The van der Waals surface area contributed by atoms with Gasteiger partial charge in [-0.15, -0.1) is 0 Å². The second-order valence-electron chi connectivity index (χ2n) is 6.20. The highest BCUT2D eigenvalue weighted by atomic mass is 16.6. The molecule has 2 rings (SSSR count). The van der Waals surface area contributed by atoms with E-state index >= 15 is 0 Å². The van der Waals surface area contributed by atoms with Crippen LogP contribution in [-0.4, -0.2) is 44.3 Å². The van der Waals surface area contributed by atoms with E-state index in [1.807, 2.05) is 0 Å². The van der Waals surface area contributed by atoms with Crippen LogP contribution in [0.5, 0.6) is 11.5 Å². The Morgan fingerprint density at radius 3 is 2.10 bits per heavy atom. The van der Waals surface area contributed by atoms with Crippen molar-refractivity contribution in [1.29, 1.82) is 0 Å². The lowest BCUT2D eigenvalue weighted by Gasteiger charge is -2.10. The third-order valence-corrected chi connectivity index (χ3v) is 3.53. The topological polar surface area (TPSA) is 100 Å². The van der Waals surface area contributed by atoms with Crippen LogP contribution in [0.1, 0.15) is 24.2 Å². The zero-order chi connectivity index (χ0) is 21.2. The molecule has 0 saturated heterocycles. The second kappa shape index (κ2) is 10.7. The number of esters is 2. The van der Waals surface area contributed by atoms with Crippen molar-refractivity contribution in [3.05, 3.63) is 54.1 Å². The van der Waals surface area contributed by atoms with Gasteiger partial charge in [-0.05, 0) is 62.4 Å². The molecule has 29 heavy (non-hydrogen) atoms. The average Bonchev–Trinajstić information content (AvgIpc) is 2.71. The number of hydrogen-bond acceptors (Lipinski definition) is 7. The van der Waals surface area contributed by atoms with E-state index in [9.17, 15) is 14.4 Å². The van der Waals surface area contributed by atoms with Gasteiger partial charge in [-0.3, -0.25) is 4.79 Å². The predicted octanol–water partition coefficient (Wildman–Crippen LogP) is 2.82. The standard InChI is InChI=1S/C21H23NO7/c1-14(2)29-21(25)15-4-6-16(7-5-15)22-19(23)12-28-20(24)13-27-18-10-8-17(26-3)9-11-18/h4-11,14H,12-13H2,1-3H3,(H,22,23). The van der Waals surface area contributed by atoms with Crippen molar-refractivity contribution >= 4 is 23.5 Å². The highest BCUT2D eigenvalue weighted by Crippen LogP contribution is 2.17. The van der Waals surface area contributed by atoms with Crippen LogP contribution in [0, 0.1) is 0 Å². The van der Waals surface area contributed by atoms with Crippen molar-refractivity contribution in [2.45, 2.75) is 20.0 Å². The number of hydrogen-bond donors (Lipinski definition) is 1. The Balaban J connectivity index is 1.73. The third kappa shape index (κ3) is 7.53. The quantitative estimate of drug-likeness (QED) is 0.645. The van der Waals surface area contributed by atoms with Crippen molar-refractivity contribution < 1.29 is 33.3 Å². The monoisotopic (exact) mass is 401 g/mol. The Morgan fingerprint density at radius 2 is 1.52 bits per heavy atom. The van der Waals surface area contributed by atoms with E-state index in [4.69, 9.17) is 18.9 Å². The number of ether oxygens (including phenoxy) is 4. The molecule has 8 nitrogen and oxygen atoms in total. The Labute approximate surface area is 168 Å². The fraction of sp³-hybridized carbons (Fsp3) is 0.286. The van der Waals surface area contributed by atoms with E-state index in [2.05, 4.69) is 5.32 Å². The van der Waals surface area contributed by atoms with E-state index < -0.39 is 24.5 Å². The maximum Gasteiger partial charge on any atom is 0.344 e. The molecule has 1 amide bonds. The van der Waals surface area contributed by atoms with Gasteiger partial charge in [0.25, 0.3) is 5.91 Å². The van der Waals surface area contributed by atoms with Gasteiger partial charge in [-0.25, -0.2) is 9.59 Å². The van der Waals surface area contributed by atoms with Gasteiger partial charge < -0.3 is 24.3 Å². The number of methoxy groups -OCH3 is 1. The first-order valence-corrected chi connectivity index (χ1v) is 8.90. The summed E-state index contributed by atoms with van der Waals surface area (Å²) in [4.78, 5) is 35.4. The van der Waals surface area contributed by atoms with Crippen LogP contribution in [0.25, 0.3) is 0 Å². The maximum atomic E-state index is 11.9. The van der Waals surface area contributed by atoms with Crippen LogP contribution in [0.2, 0.25) is 0 Å². The Morgan fingerprint density at radius 1 is 0.897 bits per heavy atom. The van der Waals surface area contributed by atoms with Gasteiger partial charge in [-0.1, -0.05) is 0 Å². The normalized spacial score (nSPS) is 10.2. The van der Waals surface area contributed by atoms with Gasteiger partial charge in [0.2, 0.25) is 0 Å². The van der Waals surface area contributed by atoms with Crippen molar-refractivity contribution in [2.24, 2.45) is 0 Å². The van der Waals surface area contributed by atoms with Crippen molar-refractivity contribution in [2.75, 3.05) is 25.6 Å². The first kappa shape index (κ1) is 21.7. The van der Waals surface area contributed by atoms with E-state index in [-0.39, 0.29) is 12.7 Å². The van der Waals surface area contributed by atoms with Gasteiger partial charge in [-0.2, -0.15) is 0 Å². The highest BCUT2D eigenvalue weighted by molar-refractivity contribution is 5.94. The summed E-state index contributed by atoms with van der Waals surface area (Å²) in [7, 11) is 1.55. The summed E-state index contributed by atoms with van der Waals surface area (Å²) in [5, 5.41) is 2.57. The summed E-state index contributed by atoms with van der Waals surface area (Å²) in [5.74, 6) is -0.489. The number of carbonyl (C=O) groups excluding carboxylic acids is 3. The van der Waals surface area contributed by atoms with Crippen molar-refractivity contribution in [3.8, 4) is 11.5 Å². The predicted molar refractivity (Wildman–Crippen MR) is 105 cm³/mol. The summed E-state index contributed by atoms with van der Waals surface area (Å²) in [6.45, 7) is 2.74. The number of nitrogens with one attached hydrogen (secondary N) is 1. The highest BCUT2D eigenvalue weighted by Gasteiger charge is 2.11. The molecule has 0 aromatic heterocycles. The lowest BCUT2D eigenvalue weighted by molar-refractivity contribution is -0.149. The average molecular weight is 401 g/mol. The molecule has 0 bridgehead atoms. The molecule has 154 valence electrons. The Bertz CT molecular complexity index is 829. The zero-order valence-electron chi connectivity index (χ0n) is 16.5. The summed E-state index contributed by atoms with van der Waals surface area (Å²) in [6, 6.07) is 12.9. The molecule has 0 radical (unpaired) electrons. The lowest BCUT2D eigenvalue weighted by atomic mass is 10.2. The molecule has 2 aromatic carbocycles. The molecular weight excluding hydrogens is 378 g/mol. The van der Waals surface area contributed by atoms with Gasteiger partial charge in [0.05, 0.1) is 18.8 Å². The molecule has 0 aliphatic rings. The molecule has 0 aliphatic heterocycles. The molecule has 0 fully saturated rings. The SMILES string of the molecule is COc1ccc(OCC(=O)OCC(=O)Nc2ccc(C(=O)OC(C)C)cc2)cc1. The van der Waals surface area contributed by atoms with Crippen LogP contribution in [0.3, 0.4) is 0 Å². The minimum Gasteiger partial charge on any atom is -0.497 e. The van der Waals surface area contributed by atoms with Gasteiger partial charge in [0, 0.05) is 5.69 Å². The van der Waals surface area contributed by atoms with Crippen molar-refractivity contribution in [3.63, 3.8) is 0 Å². The summed E-state index contributed by atoms with van der Waals surface area (Å²) in [6.07, 6.45) is -0.217. The zero-order valence-corrected chi connectivity index (χ0v) is 16.5. The maximum absolute atomic E-state index is 11.9.